The Labute approximate surface area is 84.7 Å². The number of hydrogen-bond acceptors (Lipinski definition) is 4. The summed E-state index contributed by atoms with van der Waals surface area (Å²) in [6.07, 6.45) is 4.49. The standard InChI is InChI=1S/C10H19NO3/c1-10(7-14-11,9(12)13-2)8-5-3-4-6-8/h8H,3-7,11H2,1-2H3. The maximum Gasteiger partial charge on any atom is 0.314 e. The molecule has 0 radical (unpaired) electrons. The van der Waals surface area contributed by atoms with Crippen LogP contribution in [0.25, 0.3) is 0 Å². The second-order valence-electron chi connectivity index (χ2n) is 4.20. The molecule has 1 unspecified atom stereocenters. The molecule has 0 amide bonds. The molecule has 0 spiro atoms. The number of esters is 1. The molecule has 1 rings (SSSR count). The van der Waals surface area contributed by atoms with Gasteiger partial charge in [0.25, 0.3) is 0 Å². The molecule has 14 heavy (non-hydrogen) atoms. The number of nitrogens with two attached hydrogens (primary N) is 1. The molecular formula is C10H19NO3. The number of rotatable bonds is 4. The van der Waals surface area contributed by atoms with E-state index in [1.165, 1.54) is 20.0 Å². The lowest BCUT2D eigenvalue weighted by atomic mass is 9.76. The van der Waals surface area contributed by atoms with Crippen molar-refractivity contribution in [1.82, 2.24) is 0 Å². The van der Waals surface area contributed by atoms with Gasteiger partial charge in [0.1, 0.15) is 0 Å². The van der Waals surface area contributed by atoms with Crippen molar-refractivity contribution in [1.29, 1.82) is 0 Å². The van der Waals surface area contributed by atoms with Gasteiger partial charge in [0, 0.05) is 0 Å². The summed E-state index contributed by atoms with van der Waals surface area (Å²) in [6.45, 7) is 2.12. The minimum atomic E-state index is -0.569. The third-order valence-electron chi connectivity index (χ3n) is 3.29. The summed E-state index contributed by atoms with van der Waals surface area (Å²) in [7, 11) is 1.41. The van der Waals surface area contributed by atoms with E-state index in [0.29, 0.717) is 5.92 Å². The zero-order chi connectivity index (χ0) is 10.6. The van der Waals surface area contributed by atoms with Crippen LogP contribution in [-0.4, -0.2) is 19.7 Å². The van der Waals surface area contributed by atoms with E-state index >= 15 is 0 Å². The first-order chi connectivity index (χ1) is 6.65. The van der Waals surface area contributed by atoms with Gasteiger partial charge in [0.05, 0.1) is 19.1 Å². The number of hydrogen-bond donors (Lipinski definition) is 1. The molecule has 1 aliphatic rings. The molecule has 0 aromatic rings. The van der Waals surface area contributed by atoms with Crippen LogP contribution in [0.2, 0.25) is 0 Å². The fourth-order valence-corrected chi connectivity index (χ4v) is 2.31. The molecule has 2 N–H and O–H groups in total. The first kappa shape index (κ1) is 11.5. The SMILES string of the molecule is COC(=O)C(C)(CON)C1CCCC1. The minimum absolute atomic E-state index is 0.213. The third-order valence-corrected chi connectivity index (χ3v) is 3.29. The van der Waals surface area contributed by atoms with E-state index in [1.54, 1.807) is 0 Å². The number of ether oxygens (including phenoxy) is 1. The molecule has 0 bridgehead atoms. The highest BCUT2D eigenvalue weighted by atomic mass is 16.6. The normalized spacial score (nSPS) is 21.9. The summed E-state index contributed by atoms with van der Waals surface area (Å²) < 4.78 is 4.81. The second kappa shape index (κ2) is 4.75. The molecule has 0 heterocycles. The Morgan fingerprint density at radius 2 is 2.07 bits per heavy atom. The highest BCUT2D eigenvalue weighted by Crippen LogP contribution is 2.40. The Morgan fingerprint density at radius 3 is 2.50 bits per heavy atom. The van der Waals surface area contributed by atoms with Gasteiger partial charge in [-0.1, -0.05) is 12.8 Å². The number of methoxy groups -OCH3 is 1. The lowest BCUT2D eigenvalue weighted by Crippen LogP contribution is -2.40. The van der Waals surface area contributed by atoms with Gasteiger partial charge in [0.15, 0.2) is 0 Å². The first-order valence-electron chi connectivity index (χ1n) is 5.05. The summed E-state index contributed by atoms with van der Waals surface area (Å²) >= 11 is 0. The van der Waals surface area contributed by atoms with Crippen molar-refractivity contribution in [3.63, 3.8) is 0 Å². The summed E-state index contributed by atoms with van der Waals surface area (Å²) in [6, 6.07) is 0. The van der Waals surface area contributed by atoms with Crippen LogP contribution in [0.4, 0.5) is 0 Å². The van der Waals surface area contributed by atoms with Crippen LogP contribution in [-0.2, 0) is 14.4 Å². The van der Waals surface area contributed by atoms with E-state index in [4.69, 9.17) is 10.6 Å². The molecule has 4 heteroatoms. The average Bonchev–Trinajstić information content (AvgIpc) is 2.70. The van der Waals surface area contributed by atoms with Crippen molar-refractivity contribution in [3.8, 4) is 0 Å². The Bertz CT molecular complexity index is 202. The van der Waals surface area contributed by atoms with Gasteiger partial charge in [-0.2, -0.15) is 0 Å². The van der Waals surface area contributed by atoms with Crippen LogP contribution in [0.15, 0.2) is 0 Å². The summed E-state index contributed by atoms with van der Waals surface area (Å²) in [5.74, 6) is 5.20. The van der Waals surface area contributed by atoms with Crippen LogP contribution in [0, 0.1) is 11.3 Å². The maximum atomic E-state index is 11.7. The van der Waals surface area contributed by atoms with E-state index < -0.39 is 5.41 Å². The van der Waals surface area contributed by atoms with Gasteiger partial charge in [-0.05, 0) is 25.7 Å². The molecule has 0 aromatic heterocycles. The predicted molar refractivity (Wildman–Crippen MR) is 52.2 cm³/mol. The molecule has 82 valence electrons. The maximum absolute atomic E-state index is 11.7. The van der Waals surface area contributed by atoms with Crippen molar-refractivity contribution >= 4 is 5.97 Å². The van der Waals surface area contributed by atoms with Crippen LogP contribution in [0.5, 0.6) is 0 Å². The van der Waals surface area contributed by atoms with E-state index in [0.717, 1.165) is 12.8 Å². The minimum Gasteiger partial charge on any atom is -0.469 e. The molecule has 4 nitrogen and oxygen atoms in total. The van der Waals surface area contributed by atoms with Crippen molar-refractivity contribution in [3.05, 3.63) is 0 Å². The molecule has 0 aromatic carbocycles. The Morgan fingerprint density at radius 1 is 1.50 bits per heavy atom. The highest BCUT2D eigenvalue weighted by Gasteiger charge is 2.43. The van der Waals surface area contributed by atoms with Crippen molar-refractivity contribution < 1.29 is 14.4 Å². The van der Waals surface area contributed by atoms with Crippen LogP contribution in [0.3, 0.4) is 0 Å². The van der Waals surface area contributed by atoms with E-state index in [1.807, 2.05) is 6.92 Å². The lowest BCUT2D eigenvalue weighted by Gasteiger charge is -2.31. The largest absolute Gasteiger partial charge is 0.469 e. The molecule has 1 aliphatic carbocycles. The predicted octanol–water partition coefficient (Wildman–Crippen LogP) is 1.25. The smallest absolute Gasteiger partial charge is 0.314 e. The van der Waals surface area contributed by atoms with Gasteiger partial charge >= 0.3 is 5.97 Å². The Balaban J connectivity index is 2.73. The molecule has 1 fully saturated rings. The number of carbonyl (C=O) groups excluding carboxylic acids is 1. The lowest BCUT2D eigenvalue weighted by molar-refractivity contribution is -0.160. The van der Waals surface area contributed by atoms with Crippen LogP contribution in [0.1, 0.15) is 32.6 Å². The molecule has 1 saturated carbocycles. The molecule has 0 aliphatic heterocycles. The highest BCUT2D eigenvalue weighted by molar-refractivity contribution is 5.76. The third kappa shape index (κ3) is 2.07. The fourth-order valence-electron chi connectivity index (χ4n) is 2.31. The fraction of sp³-hybridized carbons (Fsp3) is 0.900. The zero-order valence-corrected chi connectivity index (χ0v) is 8.91. The number of carbonyl (C=O) groups is 1. The first-order valence-corrected chi connectivity index (χ1v) is 5.05. The van der Waals surface area contributed by atoms with E-state index in [-0.39, 0.29) is 12.6 Å². The summed E-state index contributed by atoms with van der Waals surface area (Å²) in [4.78, 5) is 16.3. The monoisotopic (exact) mass is 201 g/mol. The van der Waals surface area contributed by atoms with E-state index in [9.17, 15) is 4.79 Å². The Kier molecular flexibility index (Phi) is 3.89. The van der Waals surface area contributed by atoms with Crippen LogP contribution < -0.4 is 5.90 Å². The van der Waals surface area contributed by atoms with Crippen molar-refractivity contribution in [2.45, 2.75) is 32.6 Å². The quantitative estimate of drug-likeness (QED) is 0.549. The van der Waals surface area contributed by atoms with Gasteiger partial charge in [-0.25, -0.2) is 5.90 Å². The molecular weight excluding hydrogens is 182 g/mol. The van der Waals surface area contributed by atoms with Gasteiger partial charge in [-0.15, -0.1) is 0 Å². The zero-order valence-electron chi connectivity index (χ0n) is 8.91. The second-order valence-corrected chi connectivity index (χ2v) is 4.20. The van der Waals surface area contributed by atoms with E-state index in [2.05, 4.69) is 4.84 Å². The van der Waals surface area contributed by atoms with Crippen molar-refractivity contribution in [2.24, 2.45) is 17.2 Å². The van der Waals surface area contributed by atoms with Gasteiger partial charge < -0.3 is 9.57 Å². The average molecular weight is 201 g/mol. The van der Waals surface area contributed by atoms with Gasteiger partial charge in [0.2, 0.25) is 0 Å². The summed E-state index contributed by atoms with van der Waals surface area (Å²) in [5, 5.41) is 0. The van der Waals surface area contributed by atoms with Gasteiger partial charge in [-0.3, -0.25) is 4.79 Å². The van der Waals surface area contributed by atoms with Crippen molar-refractivity contribution in [2.75, 3.05) is 13.7 Å². The van der Waals surface area contributed by atoms with Crippen LogP contribution >= 0.6 is 0 Å². The molecule has 1 atom stereocenters. The summed E-state index contributed by atoms with van der Waals surface area (Å²) in [5.41, 5.74) is -0.569. The molecule has 0 saturated heterocycles. The Hall–Kier alpha value is -0.610. The topological polar surface area (TPSA) is 61.5 Å².